The molecule has 2 nitrogen and oxygen atoms in total. The van der Waals surface area contributed by atoms with E-state index in [0.29, 0.717) is 18.2 Å². The summed E-state index contributed by atoms with van der Waals surface area (Å²) in [5.41, 5.74) is 6.68. The number of hydrogen-bond acceptors (Lipinski definition) is 3. The van der Waals surface area contributed by atoms with Gasteiger partial charge >= 0.3 is 0 Å². The van der Waals surface area contributed by atoms with Gasteiger partial charge in [0.2, 0.25) is 0 Å². The van der Waals surface area contributed by atoms with Crippen molar-refractivity contribution in [3.05, 3.63) is 56.2 Å². The molecular formula is C13H13Cl2NOS. The molecule has 0 aliphatic rings. The fourth-order valence-electron chi connectivity index (χ4n) is 1.57. The van der Waals surface area contributed by atoms with Crippen LogP contribution < -0.4 is 5.73 Å². The molecule has 0 aliphatic heterocycles. The van der Waals surface area contributed by atoms with Crippen LogP contribution in [0.15, 0.2) is 36.4 Å². The van der Waals surface area contributed by atoms with Gasteiger partial charge in [0, 0.05) is 16.4 Å². The second-order valence-electron chi connectivity index (χ2n) is 3.77. The van der Waals surface area contributed by atoms with Crippen molar-refractivity contribution in [2.24, 2.45) is 5.73 Å². The lowest BCUT2D eigenvalue weighted by molar-refractivity contribution is 0.0480. The highest BCUT2D eigenvalue weighted by Crippen LogP contribution is 2.29. The molecule has 5 heteroatoms. The number of thiophene rings is 1. The number of hydrogen-bond donors (Lipinski definition) is 1. The second-order valence-corrected chi connectivity index (χ2v) is 5.92. The average molecular weight is 302 g/mol. The van der Waals surface area contributed by atoms with Crippen molar-refractivity contribution in [3.8, 4) is 0 Å². The van der Waals surface area contributed by atoms with Gasteiger partial charge in [-0.05, 0) is 23.8 Å². The van der Waals surface area contributed by atoms with Crippen LogP contribution in [0.4, 0.5) is 0 Å². The predicted octanol–water partition coefficient (Wildman–Crippen LogP) is 4.27. The molecule has 1 unspecified atom stereocenters. The molecule has 0 radical (unpaired) electrons. The van der Waals surface area contributed by atoms with E-state index in [1.165, 1.54) is 11.3 Å². The summed E-state index contributed by atoms with van der Waals surface area (Å²) in [6.45, 7) is 0.859. The quantitative estimate of drug-likeness (QED) is 0.895. The third kappa shape index (κ3) is 3.46. The molecule has 1 atom stereocenters. The Kier molecular flexibility index (Phi) is 5.03. The summed E-state index contributed by atoms with van der Waals surface area (Å²) in [4.78, 5) is 1.04. The first-order valence-electron chi connectivity index (χ1n) is 5.51. The number of halogens is 2. The van der Waals surface area contributed by atoms with Gasteiger partial charge in [0.05, 0.1) is 10.9 Å². The minimum absolute atomic E-state index is 0.140. The zero-order valence-electron chi connectivity index (χ0n) is 9.61. The maximum Gasteiger partial charge on any atom is 0.104 e. The molecule has 1 aromatic carbocycles. The molecule has 0 fully saturated rings. The van der Waals surface area contributed by atoms with Crippen LogP contribution in [-0.2, 0) is 11.3 Å². The second kappa shape index (κ2) is 6.55. The standard InChI is InChI=1S/C13H13Cl2NOS/c14-10-4-2-1-3-9(10)8-17-11(7-16)12-5-6-13(15)18-12/h1-6,11H,7-8,16H2. The predicted molar refractivity (Wildman–Crippen MR) is 77.4 cm³/mol. The van der Waals surface area contributed by atoms with E-state index in [9.17, 15) is 0 Å². The van der Waals surface area contributed by atoms with E-state index in [1.54, 1.807) is 0 Å². The van der Waals surface area contributed by atoms with Crippen LogP contribution in [0, 0.1) is 0 Å². The van der Waals surface area contributed by atoms with Gasteiger partial charge in [-0.1, -0.05) is 41.4 Å². The van der Waals surface area contributed by atoms with E-state index in [1.807, 2.05) is 36.4 Å². The molecule has 0 saturated carbocycles. The number of benzene rings is 1. The van der Waals surface area contributed by atoms with E-state index >= 15 is 0 Å². The summed E-state index contributed by atoms with van der Waals surface area (Å²) in [6, 6.07) is 11.4. The Hall–Kier alpha value is -0.580. The Labute approximate surface area is 120 Å². The molecule has 18 heavy (non-hydrogen) atoms. The lowest BCUT2D eigenvalue weighted by Crippen LogP contribution is -2.14. The summed E-state index contributed by atoms with van der Waals surface area (Å²) in [5.74, 6) is 0. The minimum Gasteiger partial charge on any atom is -0.367 e. The first kappa shape index (κ1) is 13.8. The van der Waals surface area contributed by atoms with Crippen molar-refractivity contribution in [1.29, 1.82) is 0 Å². The molecule has 1 aromatic heterocycles. The van der Waals surface area contributed by atoms with Crippen LogP contribution in [0.5, 0.6) is 0 Å². The van der Waals surface area contributed by atoms with Gasteiger partial charge in [-0.2, -0.15) is 0 Å². The third-order valence-corrected chi connectivity index (χ3v) is 4.22. The average Bonchev–Trinajstić information content (AvgIpc) is 2.79. The Morgan fingerprint density at radius 1 is 1.17 bits per heavy atom. The highest BCUT2D eigenvalue weighted by atomic mass is 35.5. The van der Waals surface area contributed by atoms with Crippen LogP contribution in [0.2, 0.25) is 9.36 Å². The molecule has 0 saturated heterocycles. The zero-order chi connectivity index (χ0) is 13.0. The Morgan fingerprint density at radius 3 is 2.56 bits per heavy atom. The van der Waals surface area contributed by atoms with E-state index in [0.717, 1.165) is 14.8 Å². The monoisotopic (exact) mass is 301 g/mol. The SMILES string of the molecule is NCC(OCc1ccccc1Cl)c1ccc(Cl)s1. The van der Waals surface area contributed by atoms with Crippen LogP contribution in [-0.4, -0.2) is 6.54 Å². The van der Waals surface area contributed by atoms with Crippen molar-refractivity contribution in [3.63, 3.8) is 0 Å². The summed E-state index contributed by atoms with van der Waals surface area (Å²) in [7, 11) is 0. The summed E-state index contributed by atoms with van der Waals surface area (Å²) in [6.07, 6.45) is -0.140. The van der Waals surface area contributed by atoms with E-state index in [-0.39, 0.29) is 6.10 Å². The van der Waals surface area contributed by atoms with Gasteiger partial charge in [-0.3, -0.25) is 0 Å². The molecular weight excluding hydrogens is 289 g/mol. The number of ether oxygens (including phenoxy) is 1. The molecule has 0 bridgehead atoms. The van der Waals surface area contributed by atoms with Crippen molar-refractivity contribution < 1.29 is 4.74 Å². The highest BCUT2D eigenvalue weighted by molar-refractivity contribution is 7.16. The molecule has 0 spiro atoms. The minimum atomic E-state index is -0.140. The van der Waals surface area contributed by atoms with Crippen LogP contribution in [0.3, 0.4) is 0 Å². The molecule has 96 valence electrons. The van der Waals surface area contributed by atoms with E-state index in [4.69, 9.17) is 33.7 Å². The van der Waals surface area contributed by atoms with Gasteiger partial charge < -0.3 is 10.5 Å². The fourth-order valence-corrected chi connectivity index (χ4v) is 2.89. The topological polar surface area (TPSA) is 35.2 Å². The first-order chi connectivity index (χ1) is 8.70. The molecule has 0 amide bonds. The fraction of sp³-hybridized carbons (Fsp3) is 0.231. The van der Waals surface area contributed by atoms with Gasteiger partial charge in [0.15, 0.2) is 0 Å². The molecule has 2 aromatic rings. The van der Waals surface area contributed by atoms with Crippen molar-refractivity contribution in [1.82, 2.24) is 0 Å². The van der Waals surface area contributed by atoms with Gasteiger partial charge in [-0.25, -0.2) is 0 Å². The Morgan fingerprint density at radius 2 is 1.94 bits per heavy atom. The molecule has 0 aliphatic carbocycles. The maximum atomic E-state index is 6.07. The third-order valence-electron chi connectivity index (χ3n) is 2.52. The van der Waals surface area contributed by atoms with Crippen LogP contribution in [0.25, 0.3) is 0 Å². The molecule has 2 rings (SSSR count). The largest absolute Gasteiger partial charge is 0.367 e. The Balaban J connectivity index is 2.02. The van der Waals surface area contributed by atoms with Gasteiger partial charge in [-0.15, -0.1) is 11.3 Å². The lowest BCUT2D eigenvalue weighted by atomic mass is 10.2. The smallest absolute Gasteiger partial charge is 0.104 e. The van der Waals surface area contributed by atoms with E-state index in [2.05, 4.69) is 0 Å². The first-order valence-corrected chi connectivity index (χ1v) is 7.08. The molecule has 1 heterocycles. The van der Waals surface area contributed by atoms with Crippen LogP contribution >= 0.6 is 34.5 Å². The molecule has 2 N–H and O–H groups in total. The lowest BCUT2D eigenvalue weighted by Gasteiger charge is -2.15. The summed E-state index contributed by atoms with van der Waals surface area (Å²) < 4.78 is 6.54. The maximum absolute atomic E-state index is 6.07. The summed E-state index contributed by atoms with van der Waals surface area (Å²) >= 11 is 13.5. The highest BCUT2D eigenvalue weighted by Gasteiger charge is 2.13. The number of nitrogens with two attached hydrogens (primary N) is 1. The normalized spacial score (nSPS) is 12.6. The van der Waals surface area contributed by atoms with Gasteiger partial charge in [0.25, 0.3) is 0 Å². The van der Waals surface area contributed by atoms with Gasteiger partial charge in [0.1, 0.15) is 6.10 Å². The Bertz CT molecular complexity index is 515. The van der Waals surface area contributed by atoms with Crippen LogP contribution in [0.1, 0.15) is 16.5 Å². The van der Waals surface area contributed by atoms with Crippen molar-refractivity contribution >= 4 is 34.5 Å². The van der Waals surface area contributed by atoms with Crippen molar-refractivity contribution in [2.45, 2.75) is 12.7 Å². The summed E-state index contributed by atoms with van der Waals surface area (Å²) in [5, 5.41) is 0.706. The van der Waals surface area contributed by atoms with E-state index < -0.39 is 0 Å². The zero-order valence-corrected chi connectivity index (χ0v) is 11.9. The van der Waals surface area contributed by atoms with Crippen molar-refractivity contribution in [2.75, 3.05) is 6.54 Å². The number of rotatable bonds is 5.